The van der Waals surface area contributed by atoms with Crippen LogP contribution in [0.3, 0.4) is 0 Å². The summed E-state index contributed by atoms with van der Waals surface area (Å²) in [5, 5.41) is 5.27. The van der Waals surface area contributed by atoms with Gasteiger partial charge in [-0.25, -0.2) is 4.39 Å². The van der Waals surface area contributed by atoms with Gasteiger partial charge in [0.25, 0.3) is 0 Å². The van der Waals surface area contributed by atoms with Crippen molar-refractivity contribution in [2.24, 2.45) is 0 Å². The molecule has 1 aliphatic heterocycles. The molecule has 1 aromatic heterocycles. The van der Waals surface area contributed by atoms with Crippen molar-refractivity contribution in [3.8, 4) is 0 Å². The Balaban J connectivity index is 1.26. The molecule has 1 aromatic carbocycles. The largest absolute Gasteiger partial charge is 0.367 e. The van der Waals surface area contributed by atoms with Crippen LogP contribution in [0.1, 0.15) is 30.6 Å². The fraction of sp³-hybridized carbons (Fsp3) is 0.500. The van der Waals surface area contributed by atoms with Gasteiger partial charge in [-0.2, -0.15) is 0 Å². The smallest absolute Gasteiger partial charge is 0.231 e. The molecule has 1 saturated carbocycles. The van der Waals surface area contributed by atoms with Gasteiger partial charge in [0.05, 0.1) is 11.1 Å². The summed E-state index contributed by atoms with van der Waals surface area (Å²) in [5.74, 6) is 0.0381. The number of piperazine rings is 1. The number of carbonyl (C=O) groups is 1. The molecule has 0 unspecified atom stereocenters. The minimum absolute atomic E-state index is 0.154. The summed E-state index contributed by atoms with van der Waals surface area (Å²) in [4.78, 5) is 18.7. The van der Waals surface area contributed by atoms with Crippen LogP contribution >= 0.6 is 11.3 Å². The van der Waals surface area contributed by atoms with Crippen molar-refractivity contribution in [3.05, 3.63) is 52.5 Å². The SMILES string of the molecule is O=C(NCCN1CCN(c2ccccc2F)CC1)C1(c2cccs2)CCCC1. The van der Waals surface area contributed by atoms with Crippen LogP contribution in [0.15, 0.2) is 41.8 Å². The van der Waals surface area contributed by atoms with E-state index in [4.69, 9.17) is 0 Å². The van der Waals surface area contributed by atoms with E-state index in [1.54, 1.807) is 17.4 Å². The summed E-state index contributed by atoms with van der Waals surface area (Å²) >= 11 is 1.70. The molecule has 0 radical (unpaired) electrons. The Labute approximate surface area is 170 Å². The zero-order valence-electron chi connectivity index (χ0n) is 16.2. The molecule has 4 nitrogen and oxygen atoms in total. The molecule has 2 aromatic rings. The quantitative estimate of drug-likeness (QED) is 0.803. The van der Waals surface area contributed by atoms with Gasteiger partial charge in [0.2, 0.25) is 5.91 Å². The summed E-state index contributed by atoms with van der Waals surface area (Å²) in [6, 6.07) is 11.1. The zero-order valence-corrected chi connectivity index (χ0v) is 17.0. The summed E-state index contributed by atoms with van der Waals surface area (Å²) in [6.45, 7) is 4.92. The van der Waals surface area contributed by atoms with Gasteiger partial charge in [-0.05, 0) is 36.4 Å². The second-order valence-corrected chi connectivity index (χ2v) is 8.75. The number of anilines is 1. The second kappa shape index (κ2) is 8.62. The van der Waals surface area contributed by atoms with Gasteiger partial charge in [-0.15, -0.1) is 11.3 Å². The number of halogens is 1. The van der Waals surface area contributed by atoms with Crippen LogP contribution in [0.4, 0.5) is 10.1 Å². The van der Waals surface area contributed by atoms with Gasteiger partial charge >= 0.3 is 0 Å². The predicted octanol–water partition coefficient (Wildman–Crippen LogP) is 3.64. The predicted molar refractivity (Wildman–Crippen MR) is 113 cm³/mol. The number of hydrogen-bond acceptors (Lipinski definition) is 4. The van der Waals surface area contributed by atoms with Gasteiger partial charge in [-0.3, -0.25) is 9.69 Å². The van der Waals surface area contributed by atoms with Crippen LogP contribution in [-0.2, 0) is 10.2 Å². The summed E-state index contributed by atoms with van der Waals surface area (Å²) in [7, 11) is 0. The molecule has 2 heterocycles. The number of thiophene rings is 1. The third-order valence-corrected chi connectivity index (χ3v) is 7.24. The van der Waals surface area contributed by atoms with Crippen molar-refractivity contribution in [2.45, 2.75) is 31.1 Å². The molecule has 0 bridgehead atoms. The van der Waals surface area contributed by atoms with E-state index in [2.05, 4.69) is 26.6 Å². The fourth-order valence-electron chi connectivity index (χ4n) is 4.53. The molecule has 2 aliphatic rings. The maximum atomic E-state index is 14.0. The lowest BCUT2D eigenvalue weighted by Crippen LogP contribution is -2.50. The molecular formula is C22H28FN3OS. The number of nitrogens with one attached hydrogen (secondary N) is 1. The summed E-state index contributed by atoms with van der Waals surface area (Å²) in [6.07, 6.45) is 4.17. The van der Waals surface area contributed by atoms with Gasteiger partial charge in [-0.1, -0.05) is 31.0 Å². The first-order valence-electron chi connectivity index (χ1n) is 10.2. The van der Waals surface area contributed by atoms with E-state index in [-0.39, 0.29) is 17.1 Å². The maximum Gasteiger partial charge on any atom is 0.231 e. The number of nitrogens with zero attached hydrogens (tertiary/aromatic N) is 2. The lowest BCUT2D eigenvalue weighted by atomic mass is 9.83. The summed E-state index contributed by atoms with van der Waals surface area (Å²) in [5.41, 5.74) is 0.382. The second-order valence-electron chi connectivity index (χ2n) is 7.80. The van der Waals surface area contributed by atoms with Crippen LogP contribution in [0.2, 0.25) is 0 Å². The normalized spacial score (nSPS) is 19.7. The van der Waals surface area contributed by atoms with E-state index >= 15 is 0 Å². The van der Waals surface area contributed by atoms with E-state index < -0.39 is 0 Å². The molecule has 28 heavy (non-hydrogen) atoms. The Kier molecular flexibility index (Phi) is 5.97. The van der Waals surface area contributed by atoms with Crippen LogP contribution in [0, 0.1) is 5.82 Å². The molecule has 1 N–H and O–H groups in total. The number of amides is 1. The van der Waals surface area contributed by atoms with Gasteiger partial charge in [0.1, 0.15) is 5.82 Å². The zero-order chi connectivity index (χ0) is 19.4. The Morgan fingerprint density at radius 1 is 1.07 bits per heavy atom. The third-order valence-electron chi connectivity index (χ3n) is 6.16. The standard InChI is InChI=1S/C22H28FN3OS/c23-18-6-1-2-7-19(18)26-15-13-25(14-16-26)12-11-24-21(27)22(9-3-4-10-22)20-8-5-17-28-20/h1-2,5-8,17H,3-4,9-16H2,(H,24,27). The molecular weight excluding hydrogens is 373 g/mol. The average Bonchev–Trinajstić information content (AvgIpc) is 3.41. The number of para-hydroxylation sites is 1. The highest BCUT2D eigenvalue weighted by atomic mass is 32.1. The monoisotopic (exact) mass is 401 g/mol. The Bertz CT molecular complexity index is 781. The van der Waals surface area contributed by atoms with Crippen molar-refractivity contribution < 1.29 is 9.18 Å². The highest BCUT2D eigenvalue weighted by Gasteiger charge is 2.43. The van der Waals surface area contributed by atoms with Crippen molar-refractivity contribution >= 4 is 22.9 Å². The molecule has 150 valence electrons. The highest BCUT2D eigenvalue weighted by molar-refractivity contribution is 7.10. The first-order chi connectivity index (χ1) is 13.7. The first-order valence-corrected chi connectivity index (χ1v) is 11.1. The van der Waals surface area contributed by atoms with Crippen LogP contribution in [-0.4, -0.2) is 50.1 Å². The lowest BCUT2D eigenvalue weighted by molar-refractivity contribution is -0.126. The van der Waals surface area contributed by atoms with Crippen LogP contribution in [0.5, 0.6) is 0 Å². The van der Waals surface area contributed by atoms with E-state index in [0.29, 0.717) is 12.2 Å². The Morgan fingerprint density at radius 2 is 1.82 bits per heavy atom. The van der Waals surface area contributed by atoms with Gasteiger partial charge < -0.3 is 10.2 Å². The van der Waals surface area contributed by atoms with Gasteiger partial charge in [0.15, 0.2) is 0 Å². The van der Waals surface area contributed by atoms with Crippen molar-refractivity contribution in [3.63, 3.8) is 0 Å². The molecule has 0 spiro atoms. The Morgan fingerprint density at radius 3 is 2.50 bits per heavy atom. The lowest BCUT2D eigenvalue weighted by Gasteiger charge is -2.36. The minimum atomic E-state index is -0.308. The topological polar surface area (TPSA) is 35.6 Å². The molecule has 6 heteroatoms. The van der Waals surface area contributed by atoms with E-state index in [0.717, 1.165) is 58.4 Å². The molecule has 1 saturated heterocycles. The number of hydrogen-bond donors (Lipinski definition) is 1. The molecule has 1 amide bonds. The molecule has 4 rings (SSSR count). The molecule has 2 fully saturated rings. The molecule has 1 aliphatic carbocycles. The fourth-order valence-corrected chi connectivity index (χ4v) is 5.52. The number of carbonyl (C=O) groups excluding carboxylic acids is 1. The van der Waals surface area contributed by atoms with Crippen LogP contribution < -0.4 is 10.2 Å². The maximum absolute atomic E-state index is 14.0. The van der Waals surface area contributed by atoms with E-state index in [1.807, 2.05) is 18.2 Å². The van der Waals surface area contributed by atoms with Crippen LogP contribution in [0.25, 0.3) is 0 Å². The van der Waals surface area contributed by atoms with Gasteiger partial charge in [0, 0.05) is 44.1 Å². The summed E-state index contributed by atoms with van der Waals surface area (Å²) < 4.78 is 14.0. The van der Waals surface area contributed by atoms with E-state index in [9.17, 15) is 9.18 Å². The van der Waals surface area contributed by atoms with E-state index in [1.165, 1.54) is 10.9 Å². The number of rotatable bonds is 6. The minimum Gasteiger partial charge on any atom is -0.367 e. The van der Waals surface area contributed by atoms with Crippen molar-refractivity contribution in [2.75, 3.05) is 44.2 Å². The third kappa shape index (κ3) is 3.94. The Hall–Kier alpha value is -1.92. The van der Waals surface area contributed by atoms with Crippen molar-refractivity contribution in [1.29, 1.82) is 0 Å². The molecule has 0 atom stereocenters. The average molecular weight is 402 g/mol. The first kappa shape index (κ1) is 19.4. The number of benzene rings is 1. The van der Waals surface area contributed by atoms with Crippen molar-refractivity contribution in [1.82, 2.24) is 10.2 Å². The highest BCUT2D eigenvalue weighted by Crippen LogP contribution is 2.43.